The summed E-state index contributed by atoms with van der Waals surface area (Å²) in [5, 5.41) is 1.99. The second-order valence-electron chi connectivity index (χ2n) is 3.99. The highest BCUT2D eigenvalue weighted by Gasteiger charge is 2.11. The largest absolute Gasteiger partial charge is 0.294 e. The van der Waals surface area contributed by atoms with Gasteiger partial charge in [-0.15, -0.1) is 11.3 Å². The number of nitrogens with two attached hydrogens (primary N) is 1. The molecule has 0 spiro atoms. The van der Waals surface area contributed by atoms with Crippen molar-refractivity contribution in [3.8, 4) is 0 Å². The van der Waals surface area contributed by atoms with Gasteiger partial charge in [0.15, 0.2) is 5.01 Å². The minimum Gasteiger partial charge on any atom is -0.291 e. The van der Waals surface area contributed by atoms with Crippen LogP contribution in [-0.2, 0) is 6.54 Å². The van der Waals surface area contributed by atoms with E-state index in [4.69, 9.17) is 5.84 Å². The Bertz CT molecular complexity index is 676. The van der Waals surface area contributed by atoms with Crippen molar-refractivity contribution in [1.29, 1.82) is 0 Å². The van der Waals surface area contributed by atoms with Gasteiger partial charge in [0.05, 0.1) is 12.2 Å². The first kappa shape index (κ1) is 13.4. The average molecular weight is 279 g/mol. The van der Waals surface area contributed by atoms with Gasteiger partial charge in [-0.3, -0.25) is 19.6 Å². The molecule has 0 aliphatic rings. The number of hydrogen-bond acceptors (Lipinski definition) is 6. The summed E-state index contributed by atoms with van der Waals surface area (Å²) in [7, 11) is 0. The van der Waals surface area contributed by atoms with E-state index in [1.165, 1.54) is 22.0 Å². The SMILES string of the molecule is Cc1cc(=O)n(Cc2csc(C(=O)NN)n2)c(C)n1. The number of aryl methyl sites for hydroxylation is 2. The molecule has 0 aromatic carbocycles. The number of aromatic nitrogens is 3. The molecule has 0 saturated carbocycles. The van der Waals surface area contributed by atoms with E-state index in [1.807, 2.05) is 5.43 Å². The van der Waals surface area contributed by atoms with Crippen molar-refractivity contribution in [1.82, 2.24) is 20.0 Å². The lowest BCUT2D eigenvalue weighted by Gasteiger charge is -2.07. The van der Waals surface area contributed by atoms with Gasteiger partial charge >= 0.3 is 0 Å². The first-order chi connectivity index (χ1) is 9.01. The zero-order valence-electron chi connectivity index (χ0n) is 10.5. The lowest BCUT2D eigenvalue weighted by Crippen LogP contribution is -2.30. The number of amides is 1. The molecule has 0 fully saturated rings. The number of rotatable bonds is 3. The molecule has 0 saturated heterocycles. The van der Waals surface area contributed by atoms with Crippen LogP contribution in [0.15, 0.2) is 16.2 Å². The van der Waals surface area contributed by atoms with Crippen molar-refractivity contribution in [2.24, 2.45) is 5.84 Å². The number of thiazole rings is 1. The molecule has 0 unspecified atom stereocenters. The third kappa shape index (κ3) is 2.85. The van der Waals surface area contributed by atoms with Gasteiger partial charge in [-0.05, 0) is 13.8 Å². The van der Waals surface area contributed by atoms with Crippen LogP contribution in [0, 0.1) is 13.8 Å². The lowest BCUT2D eigenvalue weighted by atomic mass is 10.4. The van der Waals surface area contributed by atoms with Crippen LogP contribution in [0.25, 0.3) is 0 Å². The van der Waals surface area contributed by atoms with Crippen molar-refractivity contribution in [2.75, 3.05) is 0 Å². The summed E-state index contributed by atoms with van der Waals surface area (Å²) in [6.45, 7) is 3.81. The van der Waals surface area contributed by atoms with Gasteiger partial charge in [0.1, 0.15) is 5.82 Å². The Morgan fingerprint density at radius 1 is 1.47 bits per heavy atom. The minimum absolute atomic E-state index is 0.136. The van der Waals surface area contributed by atoms with Crippen LogP contribution < -0.4 is 16.8 Å². The first-order valence-electron chi connectivity index (χ1n) is 5.51. The summed E-state index contributed by atoms with van der Waals surface area (Å²) in [5.41, 5.74) is 3.19. The number of nitrogens with zero attached hydrogens (tertiary/aromatic N) is 3. The predicted molar refractivity (Wildman–Crippen MR) is 70.8 cm³/mol. The van der Waals surface area contributed by atoms with Crippen molar-refractivity contribution in [3.63, 3.8) is 0 Å². The zero-order chi connectivity index (χ0) is 14.0. The monoisotopic (exact) mass is 279 g/mol. The number of carbonyl (C=O) groups is 1. The van der Waals surface area contributed by atoms with Gasteiger partial charge in [-0.2, -0.15) is 0 Å². The molecule has 8 heteroatoms. The fraction of sp³-hybridized carbons (Fsp3) is 0.273. The molecule has 7 nitrogen and oxygen atoms in total. The average Bonchev–Trinajstić information content (AvgIpc) is 2.81. The summed E-state index contributed by atoms with van der Waals surface area (Å²) in [5.74, 6) is 5.20. The predicted octanol–water partition coefficient (Wildman–Crippen LogP) is -0.0316. The Balaban J connectivity index is 2.29. The van der Waals surface area contributed by atoms with E-state index < -0.39 is 5.91 Å². The third-order valence-corrected chi connectivity index (χ3v) is 3.41. The molecule has 100 valence electrons. The molecule has 0 bridgehead atoms. The van der Waals surface area contributed by atoms with Crippen LogP contribution in [0.3, 0.4) is 0 Å². The molecular formula is C11H13N5O2S. The summed E-state index contributed by atoms with van der Waals surface area (Å²) < 4.78 is 1.51. The molecule has 2 heterocycles. The van der Waals surface area contributed by atoms with E-state index >= 15 is 0 Å². The maximum atomic E-state index is 11.9. The zero-order valence-corrected chi connectivity index (χ0v) is 11.3. The van der Waals surface area contributed by atoms with Gasteiger partial charge < -0.3 is 0 Å². The molecule has 0 aliphatic heterocycles. The highest BCUT2D eigenvalue weighted by Crippen LogP contribution is 2.10. The van der Waals surface area contributed by atoms with E-state index in [9.17, 15) is 9.59 Å². The van der Waals surface area contributed by atoms with Crippen LogP contribution in [-0.4, -0.2) is 20.4 Å². The topological polar surface area (TPSA) is 103 Å². The Morgan fingerprint density at radius 3 is 2.84 bits per heavy atom. The highest BCUT2D eigenvalue weighted by molar-refractivity contribution is 7.11. The second-order valence-corrected chi connectivity index (χ2v) is 4.84. The Hall–Kier alpha value is -2.06. The van der Waals surface area contributed by atoms with Crippen LogP contribution in [0.2, 0.25) is 0 Å². The molecule has 0 aliphatic carbocycles. The molecule has 2 aromatic rings. The highest BCUT2D eigenvalue weighted by atomic mass is 32.1. The summed E-state index contributed by atoms with van der Waals surface area (Å²) >= 11 is 1.18. The van der Waals surface area contributed by atoms with Crippen LogP contribution >= 0.6 is 11.3 Å². The molecule has 2 rings (SSSR count). The molecule has 0 radical (unpaired) electrons. The Kier molecular flexibility index (Phi) is 3.72. The van der Waals surface area contributed by atoms with Crippen molar-refractivity contribution in [2.45, 2.75) is 20.4 Å². The second kappa shape index (κ2) is 5.29. The van der Waals surface area contributed by atoms with E-state index in [2.05, 4.69) is 9.97 Å². The number of nitrogen functional groups attached to an aromatic ring is 1. The van der Waals surface area contributed by atoms with Crippen LogP contribution in [0.4, 0.5) is 0 Å². The normalized spacial score (nSPS) is 10.5. The molecule has 1 amide bonds. The Labute approximate surface area is 113 Å². The molecule has 2 aromatic heterocycles. The fourth-order valence-corrected chi connectivity index (χ4v) is 2.37. The Morgan fingerprint density at radius 2 is 2.21 bits per heavy atom. The van der Waals surface area contributed by atoms with Crippen LogP contribution in [0.1, 0.15) is 27.0 Å². The van der Waals surface area contributed by atoms with Gasteiger partial charge in [0.2, 0.25) is 0 Å². The van der Waals surface area contributed by atoms with E-state index in [-0.39, 0.29) is 17.1 Å². The number of nitrogens with one attached hydrogen (secondary N) is 1. The maximum absolute atomic E-state index is 11.9. The fourth-order valence-electron chi connectivity index (χ4n) is 1.66. The summed E-state index contributed by atoms with van der Waals surface area (Å²) in [6.07, 6.45) is 0. The van der Waals surface area contributed by atoms with Gasteiger partial charge in [-0.25, -0.2) is 15.8 Å². The molecule has 0 atom stereocenters. The number of hydrazine groups is 1. The molecular weight excluding hydrogens is 266 g/mol. The van der Waals surface area contributed by atoms with Gasteiger partial charge in [-0.1, -0.05) is 0 Å². The number of carbonyl (C=O) groups excluding carboxylic acids is 1. The van der Waals surface area contributed by atoms with Crippen molar-refractivity contribution >= 4 is 17.2 Å². The van der Waals surface area contributed by atoms with E-state index in [1.54, 1.807) is 19.2 Å². The van der Waals surface area contributed by atoms with Gasteiger partial charge in [0.25, 0.3) is 11.5 Å². The van der Waals surface area contributed by atoms with E-state index in [0.29, 0.717) is 17.2 Å². The quantitative estimate of drug-likeness (QED) is 0.466. The van der Waals surface area contributed by atoms with E-state index in [0.717, 1.165) is 0 Å². The smallest absolute Gasteiger partial charge is 0.291 e. The summed E-state index contributed by atoms with van der Waals surface area (Å²) in [6, 6.07) is 1.47. The first-order valence-corrected chi connectivity index (χ1v) is 6.39. The van der Waals surface area contributed by atoms with Crippen molar-refractivity contribution in [3.05, 3.63) is 44.0 Å². The standard InChI is InChI=1S/C11H13N5O2S/c1-6-3-9(17)16(7(2)13-6)4-8-5-19-11(14-8)10(18)15-12/h3,5H,4,12H2,1-2H3,(H,15,18). The van der Waals surface area contributed by atoms with Crippen LogP contribution in [0.5, 0.6) is 0 Å². The maximum Gasteiger partial charge on any atom is 0.294 e. The molecule has 3 N–H and O–H groups in total. The number of hydrogen-bond donors (Lipinski definition) is 2. The van der Waals surface area contributed by atoms with Gasteiger partial charge in [0, 0.05) is 17.1 Å². The third-order valence-electron chi connectivity index (χ3n) is 2.52. The van der Waals surface area contributed by atoms with Crippen molar-refractivity contribution < 1.29 is 4.79 Å². The minimum atomic E-state index is -0.442. The lowest BCUT2D eigenvalue weighted by molar-refractivity contribution is 0.0953. The summed E-state index contributed by atoms with van der Waals surface area (Å²) in [4.78, 5) is 31.5. The molecule has 19 heavy (non-hydrogen) atoms.